The minimum Gasteiger partial charge on any atom is -0.477 e. The lowest BCUT2D eigenvalue weighted by atomic mass is 10.3. The molecule has 0 aliphatic heterocycles. The average Bonchev–Trinajstić information content (AvgIpc) is 3.09. The van der Waals surface area contributed by atoms with Crippen LogP contribution >= 0.6 is 11.3 Å². The maximum Gasteiger partial charge on any atom is 0.345 e. The van der Waals surface area contributed by atoms with Gasteiger partial charge in [0.2, 0.25) is 5.91 Å². The van der Waals surface area contributed by atoms with E-state index in [0.717, 1.165) is 11.3 Å². The highest BCUT2D eigenvalue weighted by Gasteiger charge is 2.10. The minimum atomic E-state index is -1.03. The Morgan fingerprint density at radius 1 is 1.24 bits per heavy atom. The maximum absolute atomic E-state index is 11.6. The quantitative estimate of drug-likeness (QED) is 0.754. The van der Waals surface area contributed by atoms with Crippen molar-refractivity contribution < 1.29 is 23.9 Å². The van der Waals surface area contributed by atoms with Crippen LogP contribution in [0.4, 0.5) is 5.00 Å². The van der Waals surface area contributed by atoms with E-state index in [9.17, 15) is 14.4 Å². The third-order valence-corrected chi connectivity index (χ3v) is 3.49. The maximum atomic E-state index is 11.6. The first-order valence-electron chi connectivity index (χ1n) is 5.99. The van der Waals surface area contributed by atoms with Crippen LogP contribution in [0.15, 0.2) is 35.1 Å². The van der Waals surface area contributed by atoms with Crippen LogP contribution in [0.25, 0.3) is 0 Å². The number of carboxylic acids is 1. The summed E-state index contributed by atoms with van der Waals surface area (Å²) in [5, 5.41) is 14.4. The molecule has 0 bridgehead atoms. The van der Waals surface area contributed by atoms with Crippen LogP contribution in [-0.4, -0.2) is 29.4 Å². The van der Waals surface area contributed by atoms with E-state index in [1.807, 2.05) is 0 Å². The number of thiophene rings is 1. The zero-order valence-electron chi connectivity index (χ0n) is 10.8. The Labute approximate surface area is 123 Å². The van der Waals surface area contributed by atoms with Gasteiger partial charge in [-0.05, 0) is 18.2 Å². The molecule has 0 aliphatic rings. The third-order valence-electron chi connectivity index (χ3n) is 2.50. The fourth-order valence-corrected chi connectivity index (χ4v) is 2.27. The van der Waals surface area contributed by atoms with Crippen LogP contribution in [0, 0.1) is 0 Å². The molecule has 110 valence electrons. The van der Waals surface area contributed by atoms with Crippen molar-refractivity contribution in [3.63, 3.8) is 0 Å². The molecule has 0 fully saturated rings. The molecule has 2 aromatic heterocycles. The second-order valence-corrected chi connectivity index (χ2v) is 5.12. The highest BCUT2D eigenvalue weighted by Crippen LogP contribution is 2.21. The number of rotatable bonds is 6. The van der Waals surface area contributed by atoms with Gasteiger partial charge in [-0.15, -0.1) is 11.3 Å². The zero-order chi connectivity index (χ0) is 15.2. The molecule has 2 aromatic rings. The predicted molar refractivity (Wildman–Crippen MR) is 75.6 cm³/mol. The van der Waals surface area contributed by atoms with Crippen LogP contribution in [0.2, 0.25) is 0 Å². The minimum absolute atomic E-state index is 0.0872. The van der Waals surface area contributed by atoms with E-state index in [4.69, 9.17) is 9.52 Å². The summed E-state index contributed by atoms with van der Waals surface area (Å²) in [6, 6.07) is 4.47. The van der Waals surface area contributed by atoms with Crippen LogP contribution in [0.3, 0.4) is 0 Å². The van der Waals surface area contributed by atoms with Crippen molar-refractivity contribution in [1.29, 1.82) is 0 Å². The summed E-state index contributed by atoms with van der Waals surface area (Å²) < 4.78 is 4.78. The SMILES string of the molecule is O=C(CCNC(=O)c1ccoc1)Nc1ccc(C(=O)O)s1. The average molecular weight is 308 g/mol. The van der Waals surface area contributed by atoms with Crippen molar-refractivity contribution >= 4 is 34.1 Å². The smallest absolute Gasteiger partial charge is 0.345 e. The van der Waals surface area contributed by atoms with Crippen LogP contribution in [-0.2, 0) is 4.79 Å². The number of aromatic carboxylic acids is 1. The van der Waals surface area contributed by atoms with Gasteiger partial charge in [0.1, 0.15) is 11.1 Å². The molecule has 0 unspecified atom stereocenters. The molecule has 3 N–H and O–H groups in total. The van der Waals surface area contributed by atoms with Gasteiger partial charge in [-0.3, -0.25) is 9.59 Å². The Balaban J connectivity index is 1.74. The molecule has 2 amide bonds. The van der Waals surface area contributed by atoms with Crippen molar-refractivity contribution in [2.75, 3.05) is 11.9 Å². The lowest BCUT2D eigenvalue weighted by Crippen LogP contribution is -2.27. The standard InChI is InChI=1S/C13H12N2O5S/c16-10(15-11-2-1-9(21-11)13(18)19)3-5-14-12(17)8-4-6-20-7-8/h1-2,4,6-7H,3,5H2,(H,14,17)(H,15,16)(H,18,19). The molecule has 21 heavy (non-hydrogen) atoms. The van der Waals surface area contributed by atoms with Crippen molar-refractivity contribution in [1.82, 2.24) is 5.32 Å². The molecule has 2 heterocycles. The van der Waals surface area contributed by atoms with Crippen LogP contribution in [0.1, 0.15) is 26.5 Å². The largest absolute Gasteiger partial charge is 0.477 e. The first kappa shape index (κ1) is 14.8. The lowest BCUT2D eigenvalue weighted by Gasteiger charge is -2.04. The molecule has 2 rings (SSSR count). The van der Waals surface area contributed by atoms with Crippen molar-refractivity contribution in [2.24, 2.45) is 0 Å². The van der Waals surface area contributed by atoms with Gasteiger partial charge < -0.3 is 20.2 Å². The first-order chi connectivity index (χ1) is 10.1. The highest BCUT2D eigenvalue weighted by molar-refractivity contribution is 7.18. The Hall–Kier alpha value is -2.61. The molecule has 0 saturated heterocycles. The Morgan fingerprint density at radius 2 is 2.05 bits per heavy atom. The number of carbonyl (C=O) groups excluding carboxylic acids is 2. The number of furan rings is 1. The zero-order valence-corrected chi connectivity index (χ0v) is 11.6. The van der Waals surface area contributed by atoms with Gasteiger partial charge >= 0.3 is 5.97 Å². The van der Waals surface area contributed by atoms with E-state index < -0.39 is 5.97 Å². The van der Waals surface area contributed by atoms with E-state index in [1.165, 1.54) is 30.7 Å². The lowest BCUT2D eigenvalue weighted by molar-refractivity contribution is -0.116. The summed E-state index contributed by atoms with van der Waals surface area (Å²) in [5.74, 6) is -1.66. The second-order valence-electron chi connectivity index (χ2n) is 4.04. The summed E-state index contributed by atoms with van der Waals surface area (Å²) in [6.07, 6.45) is 2.79. The summed E-state index contributed by atoms with van der Waals surface area (Å²) in [4.78, 5) is 34.0. The number of amides is 2. The van der Waals surface area contributed by atoms with Crippen molar-refractivity contribution in [3.8, 4) is 0 Å². The van der Waals surface area contributed by atoms with Gasteiger partial charge in [0.25, 0.3) is 5.91 Å². The number of hydrogen-bond acceptors (Lipinski definition) is 5. The van der Waals surface area contributed by atoms with E-state index in [2.05, 4.69) is 10.6 Å². The van der Waals surface area contributed by atoms with Crippen molar-refractivity contribution in [3.05, 3.63) is 41.2 Å². The van der Waals surface area contributed by atoms with Crippen molar-refractivity contribution in [2.45, 2.75) is 6.42 Å². The van der Waals surface area contributed by atoms with Gasteiger partial charge in [-0.2, -0.15) is 0 Å². The topological polar surface area (TPSA) is 109 Å². The number of hydrogen-bond donors (Lipinski definition) is 3. The van der Waals surface area contributed by atoms with Gasteiger partial charge in [-0.1, -0.05) is 0 Å². The monoisotopic (exact) mass is 308 g/mol. The number of anilines is 1. The van der Waals surface area contributed by atoms with E-state index in [0.29, 0.717) is 10.6 Å². The summed E-state index contributed by atoms with van der Waals surface area (Å²) in [7, 11) is 0. The molecular formula is C13H12N2O5S. The first-order valence-corrected chi connectivity index (χ1v) is 6.81. The van der Waals surface area contributed by atoms with Crippen LogP contribution < -0.4 is 10.6 Å². The Morgan fingerprint density at radius 3 is 2.67 bits per heavy atom. The number of carboxylic acid groups (broad SMARTS) is 1. The van der Waals surface area contributed by atoms with Gasteiger partial charge in [-0.25, -0.2) is 4.79 Å². The molecule has 0 aromatic carbocycles. The predicted octanol–water partition coefficient (Wildman–Crippen LogP) is 1.80. The molecule has 0 spiro atoms. The van der Waals surface area contributed by atoms with Crippen LogP contribution in [0.5, 0.6) is 0 Å². The Bertz CT molecular complexity index is 647. The molecule has 0 saturated carbocycles. The number of nitrogens with one attached hydrogen (secondary N) is 2. The molecule has 0 aliphatic carbocycles. The fraction of sp³-hybridized carbons (Fsp3) is 0.154. The van der Waals surface area contributed by atoms with Gasteiger partial charge in [0.05, 0.1) is 16.8 Å². The molecule has 0 atom stereocenters. The Kier molecular flexibility index (Phi) is 4.72. The highest BCUT2D eigenvalue weighted by atomic mass is 32.1. The van der Waals surface area contributed by atoms with Gasteiger partial charge in [0.15, 0.2) is 0 Å². The molecule has 8 heteroatoms. The molecule has 7 nitrogen and oxygen atoms in total. The summed E-state index contributed by atoms with van der Waals surface area (Å²) >= 11 is 0.976. The summed E-state index contributed by atoms with van der Waals surface area (Å²) in [5.41, 5.74) is 0.389. The number of carbonyl (C=O) groups is 3. The fourth-order valence-electron chi connectivity index (χ4n) is 1.51. The third kappa shape index (κ3) is 4.18. The molecule has 0 radical (unpaired) electrons. The van der Waals surface area contributed by atoms with Gasteiger partial charge in [0, 0.05) is 13.0 Å². The van der Waals surface area contributed by atoms with E-state index >= 15 is 0 Å². The summed E-state index contributed by atoms with van der Waals surface area (Å²) in [6.45, 7) is 0.174. The van der Waals surface area contributed by atoms with E-state index in [1.54, 1.807) is 0 Å². The normalized spacial score (nSPS) is 10.1. The van der Waals surface area contributed by atoms with E-state index in [-0.39, 0.29) is 29.7 Å². The molecular weight excluding hydrogens is 296 g/mol. The second kappa shape index (κ2) is 6.71.